The number of nitrogens with zero attached hydrogens (tertiary/aromatic N) is 2. The molecule has 0 aliphatic rings. The van der Waals surface area contributed by atoms with Gasteiger partial charge in [-0.1, -0.05) is 30.6 Å². The fourth-order valence-electron chi connectivity index (χ4n) is 2.20. The highest BCUT2D eigenvalue weighted by molar-refractivity contribution is 6.30. The Bertz CT molecular complexity index is 556. The van der Waals surface area contributed by atoms with Crippen LogP contribution in [-0.2, 0) is 16.9 Å². The van der Waals surface area contributed by atoms with Crippen molar-refractivity contribution >= 4 is 17.3 Å². The molecule has 0 amide bonds. The van der Waals surface area contributed by atoms with E-state index in [1.54, 1.807) is 7.11 Å². The lowest BCUT2D eigenvalue weighted by atomic mass is 9.96. The molecule has 0 radical (unpaired) electrons. The lowest BCUT2D eigenvalue weighted by Gasteiger charge is -2.25. The van der Waals surface area contributed by atoms with Gasteiger partial charge in [-0.2, -0.15) is 4.98 Å². The summed E-state index contributed by atoms with van der Waals surface area (Å²) in [5, 5.41) is 7.97. The third-order valence-corrected chi connectivity index (χ3v) is 3.95. The molecule has 2 aromatic rings. The normalized spacial score (nSPS) is 11.6. The topological polar surface area (TPSA) is 60.2 Å². The summed E-state index contributed by atoms with van der Waals surface area (Å²) in [6.45, 7) is 4.56. The van der Waals surface area contributed by atoms with E-state index in [-0.39, 0.29) is 0 Å². The van der Waals surface area contributed by atoms with Crippen molar-refractivity contribution in [3.05, 3.63) is 41.0 Å². The van der Waals surface area contributed by atoms with Crippen LogP contribution in [-0.4, -0.2) is 17.3 Å². The Kier molecular flexibility index (Phi) is 5.20. The summed E-state index contributed by atoms with van der Waals surface area (Å²) in [7, 11) is 1.68. The van der Waals surface area contributed by atoms with E-state index in [9.17, 15) is 0 Å². The zero-order valence-corrected chi connectivity index (χ0v) is 13.3. The zero-order chi connectivity index (χ0) is 15.3. The smallest absolute Gasteiger partial charge is 0.246 e. The number of benzene rings is 1. The van der Waals surface area contributed by atoms with Gasteiger partial charge in [-0.05, 0) is 37.1 Å². The Balaban J connectivity index is 2.04. The van der Waals surface area contributed by atoms with Gasteiger partial charge >= 0.3 is 0 Å². The highest BCUT2D eigenvalue weighted by Gasteiger charge is 2.33. The number of anilines is 1. The minimum Gasteiger partial charge on any atom is -0.376 e. The number of hydrogen-bond donors (Lipinski definition) is 1. The SMILES string of the molecule is CCC(CC)(OC)c1noc(CNc2ccc(Cl)cc2)n1. The first-order valence-corrected chi connectivity index (χ1v) is 7.39. The Morgan fingerprint density at radius 1 is 1.24 bits per heavy atom. The van der Waals surface area contributed by atoms with Crippen LogP contribution in [0.25, 0.3) is 0 Å². The predicted molar refractivity (Wildman–Crippen MR) is 82.3 cm³/mol. The Morgan fingerprint density at radius 2 is 1.90 bits per heavy atom. The molecule has 0 aliphatic heterocycles. The summed E-state index contributed by atoms with van der Waals surface area (Å²) in [6, 6.07) is 7.45. The molecule has 1 N–H and O–H groups in total. The maximum absolute atomic E-state index is 5.85. The van der Waals surface area contributed by atoms with E-state index in [0.29, 0.717) is 23.3 Å². The summed E-state index contributed by atoms with van der Waals surface area (Å²) >= 11 is 5.85. The molecule has 2 rings (SSSR count). The molecule has 0 fully saturated rings. The number of hydrogen-bond acceptors (Lipinski definition) is 5. The van der Waals surface area contributed by atoms with E-state index in [1.807, 2.05) is 24.3 Å². The molecule has 1 aromatic carbocycles. The summed E-state index contributed by atoms with van der Waals surface area (Å²) in [5.74, 6) is 1.13. The minimum atomic E-state index is -0.470. The molecular formula is C15H20ClN3O2. The molecule has 1 aromatic heterocycles. The average Bonchev–Trinajstić information content (AvgIpc) is 2.99. The van der Waals surface area contributed by atoms with Crippen LogP contribution in [0.3, 0.4) is 0 Å². The van der Waals surface area contributed by atoms with Gasteiger partial charge in [-0.25, -0.2) is 0 Å². The fourth-order valence-corrected chi connectivity index (χ4v) is 2.33. The molecule has 5 nitrogen and oxygen atoms in total. The second-order valence-corrected chi connectivity index (χ2v) is 5.21. The van der Waals surface area contributed by atoms with Crippen LogP contribution >= 0.6 is 11.6 Å². The maximum atomic E-state index is 5.85. The van der Waals surface area contributed by atoms with Crippen LogP contribution in [0.4, 0.5) is 5.69 Å². The van der Waals surface area contributed by atoms with Gasteiger partial charge < -0.3 is 14.6 Å². The monoisotopic (exact) mass is 309 g/mol. The highest BCUT2D eigenvalue weighted by Crippen LogP contribution is 2.30. The molecule has 0 spiro atoms. The molecule has 0 aliphatic carbocycles. The second kappa shape index (κ2) is 6.91. The van der Waals surface area contributed by atoms with Crippen molar-refractivity contribution in [1.29, 1.82) is 0 Å². The van der Waals surface area contributed by atoms with Crippen molar-refractivity contribution in [1.82, 2.24) is 10.1 Å². The van der Waals surface area contributed by atoms with E-state index in [2.05, 4.69) is 29.3 Å². The van der Waals surface area contributed by atoms with Crippen molar-refractivity contribution in [2.24, 2.45) is 0 Å². The van der Waals surface area contributed by atoms with Crippen molar-refractivity contribution < 1.29 is 9.26 Å². The third-order valence-electron chi connectivity index (χ3n) is 3.70. The fraction of sp³-hybridized carbons (Fsp3) is 0.467. The van der Waals surface area contributed by atoms with Gasteiger partial charge in [0.2, 0.25) is 11.7 Å². The summed E-state index contributed by atoms with van der Waals surface area (Å²) in [4.78, 5) is 4.44. The van der Waals surface area contributed by atoms with Gasteiger partial charge in [-0.15, -0.1) is 0 Å². The molecule has 114 valence electrons. The van der Waals surface area contributed by atoms with Crippen LogP contribution in [0.2, 0.25) is 5.02 Å². The summed E-state index contributed by atoms with van der Waals surface area (Å²) < 4.78 is 10.9. The van der Waals surface area contributed by atoms with Gasteiger partial charge in [0.1, 0.15) is 5.60 Å². The summed E-state index contributed by atoms with van der Waals surface area (Å²) in [5.41, 5.74) is 0.477. The average molecular weight is 310 g/mol. The van der Waals surface area contributed by atoms with Gasteiger partial charge in [0, 0.05) is 17.8 Å². The molecule has 6 heteroatoms. The molecular weight excluding hydrogens is 290 g/mol. The number of aromatic nitrogens is 2. The number of nitrogens with one attached hydrogen (secondary N) is 1. The zero-order valence-electron chi connectivity index (χ0n) is 12.5. The molecule has 0 unspecified atom stereocenters. The molecule has 0 bridgehead atoms. The predicted octanol–water partition coefficient (Wildman–Crippen LogP) is 4.00. The quantitative estimate of drug-likeness (QED) is 0.837. The minimum absolute atomic E-state index is 0.460. The van der Waals surface area contributed by atoms with E-state index >= 15 is 0 Å². The summed E-state index contributed by atoms with van der Waals surface area (Å²) in [6.07, 6.45) is 1.59. The van der Waals surface area contributed by atoms with Gasteiger partial charge in [-0.3, -0.25) is 0 Å². The standard InChI is InChI=1S/C15H20ClN3O2/c1-4-15(5-2,20-3)14-18-13(21-19-14)10-17-12-8-6-11(16)7-9-12/h6-9,17H,4-5,10H2,1-3H3. The van der Waals surface area contributed by atoms with Crippen LogP contribution < -0.4 is 5.32 Å². The van der Waals surface area contributed by atoms with Crippen molar-refractivity contribution in [3.63, 3.8) is 0 Å². The van der Waals surface area contributed by atoms with E-state index < -0.39 is 5.60 Å². The number of halogens is 1. The molecule has 1 heterocycles. The van der Waals surface area contributed by atoms with E-state index in [1.165, 1.54) is 0 Å². The first kappa shape index (κ1) is 15.8. The van der Waals surface area contributed by atoms with Crippen molar-refractivity contribution in [3.8, 4) is 0 Å². The third kappa shape index (κ3) is 3.54. The molecule has 0 saturated carbocycles. The Hall–Kier alpha value is -1.59. The van der Waals surface area contributed by atoms with Crippen molar-refractivity contribution in [2.45, 2.75) is 38.8 Å². The Labute approximate surface area is 129 Å². The number of methoxy groups -OCH3 is 1. The van der Waals surface area contributed by atoms with Crippen LogP contribution in [0.1, 0.15) is 38.4 Å². The highest BCUT2D eigenvalue weighted by atomic mass is 35.5. The lowest BCUT2D eigenvalue weighted by Crippen LogP contribution is -2.28. The first-order valence-electron chi connectivity index (χ1n) is 7.01. The van der Waals surface area contributed by atoms with E-state index in [4.69, 9.17) is 20.9 Å². The van der Waals surface area contributed by atoms with Gasteiger partial charge in [0.15, 0.2) is 0 Å². The Morgan fingerprint density at radius 3 is 2.48 bits per heavy atom. The second-order valence-electron chi connectivity index (χ2n) is 4.78. The molecule has 0 atom stereocenters. The first-order chi connectivity index (χ1) is 10.1. The number of ether oxygens (including phenoxy) is 1. The van der Waals surface area contributed by atoms with E-state index in [0.717, 1.165) is 18.5 Å². The lowest BCUT2D eigenvalue weighted by molar-refractivity contribution is -0.0306. The number of rotatable bonds is 7. The van der Waals surface area contributed by atoms with Crippen LogP contribution in [0, 0.1) is 0 Å². The molecule has 0 saturated heterocycles. The van der Waals surface area contributed by atoms with Gasteiger partial charge in [0.25, 0.3) is 0 Å². The van der Waals surface area contributed by atoms with Gasteiger partial charge in [0.05, 0.1) is 6.54 Å². The van der Waals surface area contributed by atoms with Crippen LogP contribution in [0.15, 0.2) is 28.8 Å². The largest absolute Gasteiger partial charge is 0.376 e. The van der Waals surface area contributed by atoms with Crippen LogP contribution in [0.5, 0.6) is 0 Å². The maximum Gasteiger partial charge on any atom is 0.246 e. The molecule has 21 heavy (non-hydrogen) atoms. The van der Waals surface area contributed by atoms with Crippen molar-refractivity contribution in [2.75, 3.05) is 12.4 Å².